The fourth-order valence-electron chi connectivity index (χ4n) is 3.52. The molecule has 8 heteroatoms. The fourth-order valence-corrected chi connectivity index (χ4v) is 4.23. The molecule has 150 valence electrons. The molecule has 4 heterocycles. The number of nitrogens with zero attached hydrogens (tertiary/aromatic N) is 3. The number of thiophene rings is 1. The Bertz CT molecular complexity index is 947. The van der Waals surface area contributed by atoms with Crippen LogP contribution in [0.25, 0.3) is 11.3 Å². The van der Waals surface area contributed by atoms with Crippen LogP contribution in [0.3, 0.4) is 0 Å². The Morgan fingerprint density at radius 1 is 1.24 bits per heavy atom. The Morgan fingerprint density at radius 3 is 2.83 bits per heavy atom. The smallest absolute Gasteiger partial charge is 0.271 e. The number of aromatic amines is 1. The van der Waals surface area contributed by atoms with Gasteiger partial charge in [-0.3, -0.25) is 19.7 Å². The highest BCUT2D eigenvalue weighted by Gasteiger charge is 2.28. The minimum absolute atomic E-state index is 0.0323. The standard InChI is InChI=1S/C21H23N5O2S/c27-20(23-9-5-17-4-2-12-29-17)15-6-10-26(11-7-15)21(28)19-13-18(24-25-19)16-3-1-8-22-14-16/h1-4,8,12-15H,5-7,9-11H2,(H,23,27)(H,24,25). The number of likely N-dealkylation sites (tertiary alicyclic amines) is 1. The highest BCUT2D eigenvalue weighted by Crippen LogP contribution is 2.21. The molecule has 7 nitrogen and oxygen atoms in total. The molecule has 1 fully saturated rings. The number of pyridine rings is 1. The number of carbonyl (C=O) groups excluding carboxylic acids is 2. The van der Waals surface area contributed by atoms with Crippen LogP contribution in [0.4, 0.5) is 0 Å². The van der Waals surface area contributed by atoms with Gasteiger partial charge in [-0.2, -0.15) is 5.10 Å². The van der Waals surface area contributed by atoms with Gasteiger partial charge in [0.25, 0.3) is 5.91 Å². The first-order valence-electron chi connectivity index (χ1n) is 9.76. The SMILES string of the molecule is O=C(NCCc1cccs1)C1CCN(C(=O)c2cc(-c3cccnc3)n[nH]2)CC1. The lowest BCUT2D eigenvalue weighted by atomic mass is 9.95. The van der Waals surface area contributed by atoms with E-state index in [9.17, 15) is 9.59 Å². The molecule has 2 amide bonds. The Kier molecular flexibility index (Phi) is 6.00. The van der Waals surface area contributed by atoms with Crippen LogP contribution < -0.4 is 5.32 Å². The van der Waals surface area contributed by atoms with Crippen molar-refractivity contribution in [2.45, 2.75) is 19.3 Å². The average Bonchev–Trinajstić information content (AvgIpc) is 3.46. The van der Waals surface area contributed by atoms with E-state index >= 15 is 0 Å². The Morgan fingerprint density at radius 2 is 2.10 bits per heavy atom. The van der Waals surface area contributed by atoms with E-state index < -0.39 is 0 Å². The van der Waals surface area contributed by atoms with Gasteiger partial charge in [-0.15, -0.1) is 11.3 Å². The Labute approximate surface area is 173 Å². The number of nitrogens with one attached hydrogen (secondary N) is 2. The fraction of sp³-hybridized carbons (Fsp3) is 0.333. The van der Waals surface area contributed by atoms with Gasteiger partial charge in [0.2, 0.25) is 5.91 Å². The third kappa shape index (κ3) is 4.71. The largest absolute Gasteiger partial charge is 0.355 e. The zero-order chi connectivity index (χ0) is 20.1. The zero-order valence-corrected chi connectivity index (χ0v) is 16.8. The molecule has 29 heavy (non-hydrogen) atoms. The molecule has 1 saturated heterocycles. The second-order valence-corrected chi connectivity index (χ2v) is 8.13. The molecular formula is C21H23N5O2S. The summed E-state index contributed by atoms with van der Waals surface area (Å²) in [6.45, 7) is 1.80. The van der Waals surface area contributed by atoms with E-state index in [0.717, 1.165) is 12.0 Å². The maximum atomic E-state index is 12.8. The summed E-state index contributed by atoms with van der Waals surface area (Å²) in [5.74, 6) is -0.0200. The average molecular weight is 410 g/mol. The van der Waals surface area contributed by atoms with Gasteiger partial charge in [-0.05, 0) is 48.9 Å². The molecule has 0 aliphatic carbocycles. The number of rotatable bonds is 6. The molecule has 2 N–H and O–H groups in total. The van der Waals surface area contributed by atoms with E-state index in [1.54, 1.807) is 34.7 Å². The summed E-state index contributed by atoms with van der Waals surface area (Å²) in [5.41, 5.74) is 2.02. The van der Waals surface area contributed by atoms with Crippen molar-refractivity contribution in [1.29, 1.82) is 0 Å². The number of aromatic nitrogens is 3. The molecule has 0 aromatic carbocycles. The van der Waals surface area contributed by atoms with E-state index in [2.05, 4.69) is 26.6 Å². The van der Waals surface area contributed by atoms with E-state index in [-0.39, 0.29) is 17.7 Å². The third-order valence-electron chi connectivity index (χ3n) is 5.17. The van der Waals surface area contributed by atoms with Gasteiger partial charge < -0.3 is 10.2 Å². The van der Waals surface area contributed by atoms with Gasteiger partial charge in [-0.25, -0.2) is 0 Å². The molecule has 3 aromatic rings. The molecule has 0 spiro atoms. The lowest BCUT2D eigenvalue weighted by Gasteiger charge is -2.31. The van der Waals surface area contributed by atoms with Crippen LogP contribution in [0.5, 0.6) is 0 Å². The van der Waals surface area contributed by atoms with Gasteiger partial charge in [0.05, 0.1) is 5.69 Å². The number of piperidine rings is 1. The molecular weight excluding hydrogens is 386 g/mol. The van der Waals surface area contributed by atoms with Crippen LogP contribution in [-0.2, 0) is 11.2 Å². The van der Waals surface area contributed by atoms with E-state index in [0.29, 0.717) is 43.9 Å². The molecule has 1 aliphatic heterocycles. The summed E-state index contributed by atoms with van der Waals surface area (Å²) < 4.78 is 0. The van der Waals surface area contributed by atoms with Crippen molar-refractivity contribution in [1.82, 2.24) is 25.4 Å². The van der Waals surface area contributed by atoms with Crippen LogP contribution in [0, 0.1) is 5.92 Å². The zero-order valence-electron chi connectivity index (χ0n) is 16.0. The quantitative estimate of drug-likeness (QED) is 0.655. The summed E-state index contributed by atoms with van der Waals surface area (Å²) in [6, 6.07) is 9.59. The first-order valence-corrected chi connectivity index (χ1v) is 10.6. The molecule has 0 atom stereocenters. The molecule has 0 unspecified atom stereocenters. The van der Waals surface area contributed by atoms with Crippen LogP contribution in [0.15, 0.2) is 48.1 Å². The predicted molar refractivity (Wildman–Crippen MR) is 111 cm³/mol. The number of hydrogen-bond donors (Lipinski definition) is 2. The van der Waals surface area contributed by atoms with Crippen molar-refractivity contribution in [3.8, 4) is 11.3 Å². The summed E-state index contributed by atoms with van der Waals surface area (Å²) in [4.78, 5) is 32.3. The normalized spacial score (nSPS) is 14.7. The Hall–Kier alpha value is -3.00. The molecule has 3 aromatic heterocycles. The second kappa shape index (κ2) is 9.00. The van der Waals surface area contributed by atoms with Crippen LogP contribution in [-0.4, -0.2) is 51.5 Å². The van der Waals surface area contributed by atoms with Gasteiger partial charge in [0.1, 0.15) is 5.69 Å². The monoisotopic (exact) mass is 409 g/mol. The number of carbonyl (C=O) groups is 2. The molecule has 0 radical (unpaired) electrons. The van der Waals surface area contributed by atoms with Gasteiger partial charge in [0, 0.05) is 48.4 Å². The number of hydrogen-bond acceptors (Lipinski definition) is 5. The van der Waals surface area contributed by atoms with E-state index in [1.807, 2.05) is 23.6 Å². The topological polar surface area (TPSA) is 91.0 Å². The van der Waals surface area contributed by atoms with E-state index in [1.165, 1.54) is 4.88 Å². The summed E-state index contributed by atoms with van der Waals surface area (Å²) in [7, 11) is 0. The van der Waals surface area contributed by atoms with Crippen molar-refractivity contribution in [3.05, 3.63) is 58.7 Å². The minimum atomic E-state index is -0.0795. The number of H-pyrrole nitrogens is 1. The summed E-state index contributed by atoms with van der Waals surface area (Å²) in [5, 5.41) is 12.1. The molecule has 0 saturated carbocycles. The van der Waals surface area contributed by atoms with Crippen LogP contribution in [0.2, 0.25) is 0 Å². The lowest BCUT2D eigenvalue weighted by Crippen LogP contribution is -2.43. The molecule has 1 aliphatic rings. The lowest BCUT2D eigenvalue weighted by molar-refractivity contribution is -0.126. The Balaban J connectivity index is 1.26. The highest BCUT2D eigenvalue weighted by molar-refractivity contribution is 7.09. The van der Waals surface area contributed by atoms with Gasteiger partial charge in [0.15, 0.2) is 0 Å². The minimum Gasteiger partial charge on any atom is -0.355 e. The predicted octanol–water partition coefficient (Wildman–Crippen LogP) is 2.74. The summed E-state index contributed by atoms with van der Waals surface area (Å²) in [6.07, 6.45) is 5.64. The van der Waals surface area contributed by atoms with Gasteiger partial charge in [-0.1, -0.05) is 6.07 Å². The van der Waals surface area contributed by atoms with Crippen molar-refractivity contribution in [2.24, 2.45) is 5.92 Å². The summed E-state index contributed by atoms with van der Waals surface area (Å²) >= 11 is 1.70. The maximum Gasteiger partial charge on any atom is 0.271 e. The first kappa shape index (κ1) is 19.3. The first-order chi connectivity index (χ1) is 14.2. The highest BCUT2D eigenvalue weighted by atomic mass is 32.1. The van der Waals surface area contributed by atoms with Crippen LogP contribution in [0.1, 0.15) is 28.2 Å². The van der Waals surface area contributed by atoms with Crippen molar-refractivity contribution in [2.75, 3.05) is 19.6 Å². The molecule has 4 rings (SSSR count). The molecule has 0 bridgehead atoms. The van der Waals surface area contributed by atoms with Crippen molar-refractivity contribution < 1.29 is 9.59 Å². The van der Waals surface area contributed by atoms with Crippen LogP contribution >= 0.6 is 11.3 Å². The third-order valence-corrected chi connectivity index (χ3v) is 6.11. The second-order valence-electron chi connectivity index (χ2n) is 7.10. The van der Waals surface area contributed by atoms with Gasteiger partial charge >= 0.3 is 0 Å². The maximum absolute atomic E-state index is 12.8. The van der Waals surface area contributed by atoms with E-state index in [4.69, 9.17) is 0 Å². The number of amides is 2. The van der Waals surface area contributed by atoms with Crippen molar-refractivity contribution >= 4 is 23.2 Å². The van der Waals surface area contributed by atoms with Crippen molar-refractivity contribution in [3.63, 3.8) is 0 Å².